The van der Waals surface area contributed by atoms with E-state index in [2.05, 4.69) is 13.8 Å². The van der Waals surface area contributed by atoms with Gasteiger partial charge in [0.05, 0.1) is 43.4 Å². The van der Waals surface area contributed by atoms with E-state index in [-0.39, 0.29) is 11.8 Å². The van der Waals surface area contributed by atoms with Gasteiger partial charge in [-0.05, 0) is 84.7 Å². The van der Waals surface area contributed by atoms with Crippen molar-refractivity contribution in [1.29, 1.82) is 0 Å². The summed E-state index contributed by atoms with van der Waals surface area (Å²) in [5, 5.41) is 0. The second-order valence-electron chi connectivity index (χ2n) is 18.0. The van der Waals surface area contributed by atoms with Crippen molar-refractivity contribution in [2.75, 3.05) is 13.1 Å². The Hall–Kier alpha value is -4.68. The molecule has 2 amide bonds. The van der Waals surface area contributed by atoms with E-state index in [4.69, 9.17) is 0 Å². The van der Waals surface area contributed by atoms with Gasteiger partial charge in [-0.15, -0.1) is 22.7 Å². The Morgan fingerprint density at radius 2 is 0.721 bits per heavy atom. The lowest BCUT2D eigenvalue weighted by Gasteiger charge is -2.24. The molecule has 0 aliphatic carbocycles. The van der Waals surface area contributed by atoms with Crippen molar-refractivity contribution in [2.24, 2.45) is 0 Å². The van der Waals surface area contributed by atoms with E-state index in [9.17, 15) is 35.9 Å². The summed E-state index contributed by atoms with van der Waals surface area (Å²) < 4.78 is 79.3. The summed E-state index contributed by atoms with van der Waals surface area (Å²) in [5.41, 5.74) is 1.81. The van der Waals surface area contributed by atoms with Crippen molar-refractivity contribution in [3.63, 3.8) is 0 Å². The minimum atomic E-state index is -4.42. The van der Waals surface area contributed by atoms with Gasteiger partial charge < -0.3 is 9.80 Å². The molecule has 0 fully saturated rings. The van der Waals surface area contributed by atoms with Crippen LogP contribution in [0.5, 0.6) is 0 Å². The topological polar surface area (TPSA) is 40.6 Å². The Morgan fingerprint density at radius 1 is 0.412 bits per heavy atom. The van der Waals surface area contributed by atoms with Gasteiger partial charge in [-0.3, -0.25) is 9.59 Å². The number of carbonyl (C=O) groups excluding carboxylic acids is 2. The average molecular weight is 977 g/mol. The predicted molar refractivity (Wildman–Crippen MR) is 270 cm³/mol. The van der Waals surface area contributed by atoms with Gasteiger partial charge in [0.2, 0.25) is 0 Å². The van der Waals surface area contributed by atoms with Crippen molar-refractivity contribution in [3.05, 3.63) is 126 Å². The standard InChI is InChI=1S/C56H66F6N2O2S2/c1-3-5-7-9-11-13-15-17-19-21-39-63-51(47-37-35-45(67-47)33-27-41-23-29-43(30-24-41)55(57,58)59)49-50(53(63)65)52(64(54(49)66)40-22-20-18-16-14-12-10-8-6-4-2)48-38-36-46(68-48)34-28-42-25-31-44(32-26-42)56(60,61)62/h23-38H,3-22,39-40H2,1-2H3/b33-27+,34-28+. The minimum Gasteiger partial charge on any atom is -0.306 e. The van der Waals surface area contributed by atoms with E-state index in [1.165, 1.54) is 124 Å². The smallest absolute Gasteiger partial charge is 0.306 e. The number of hydrogen-bond donors (Lipinski definition) is 0. The maximum absolute atomic E-state index is 15.0. The molecule has 4 aromatic rings. The zero-order valence-corrected chi connectivity index (χ0v) is 41.2. The third-order valence-corrected chi connectivity index (χ3v) is 14.8. The lowest BCUT2D eigenvalue weighted by Crippen LogP contribution is -2.30. The quantitative estimate of drug-likeness (QED) is 0.0420. The van der Waals surface area contributed by atoms with Gasteiger partial charge in [-0.1, -0.05) is 166 Å². The number of fused-ring (bicyclic) bond motifs is 1. The molecule has 0 spiro atoms. The Morgan fingerprint density at radius 3 is 1.03 bits per heavy atom. The number of carbonyl (C=O) groups is 2. The molecule has 0 atom stereocenters. The van der Waals surface area contributed by atoms with Crippen LogP contribution in [0.4, 0.5) is 26.3 Å². The third-order valence-electron chi connectivity index (χ3n) is 12.7. The molecule has 0 bridgehead atoms. The second kappa shape index (κ2) is 25.8. The number of nitrogens with zero attached hydrogens (tertiary/aromatic N) is 2. The molecule has 366 valence electrons. The monoisotopic (exact) mass is 976 g/mol. The molecule has 2 aromatic carbocycles. The number of thiophene rings is 2. The summed E-state index contributed by atoms with van der Waals surface area (Å²) in [6.45, 7) is 5.35. The molecule has 4 nitrogen and oxygen atoms in total. The third kappa shape index (κ3) is 14.7. The van der Waals surface area contributed by atoms with Gasteiger partial charge >= 0.3 is 12.4 Å². The lowest BCUT2D eigenvalue weighted by atomic mass is 10.1. The van der Waals surface area contributed by atoms with Crippen LogP contribution in [0, 0.1) is 0 Å². The normalized spacial score (nSPS) is 14.6. The van der Waals surface area contributed by atoms with Gasteiger partial charge in [0.15, 0.2) is 0 Å². The summed E-state index contributed by atoms with van der Waals surface area (Å²) >= 11 is 2.87. The molecule has 2 aliphatic rings. The number of alkyl halides is 6. The summed E-state index contributed by atoms with van der Waals surface area (Å²) in [5.74, 6) is -0.407. The summed E-state index contributed by atoms with van der Waals surface area (Å²) in [6, 6.07) is 17.7. The molecule has 2 aromatic heterocycles. The van der Waals surface area contributed by atoms with Crippen molar-refractivity contribution < 1.29 is 35.9 Å². The maximum Gasteiger partial charge on any atom is 0.416 e. The number of benzene rings is 2. The van der Waals surface area contributed by atoms with Crippen LogP contribution in [-0.4, -0.2) is 34.7 Å². The van der Waals surface area contributed by atoms with Crippen LogP contribution in [-0.2, 0) is 21.9 Å². The van der Waals surface area contributed by atoms with Crippen molar-refractivity contribution >= 4 is 70.2 Å². The summed E-state index contributed by atoms with van der Waals surface area (Å²) in [7, 11) is 0. The highest BCUT2D eigenvalue weighted by molar-refractivity contribution is 7.14. The fraction of sp³-hybridized carbons (Fsp3) is 0.464. The first-order chi connectivity index (χ1) is 32.8. The summed E-state index contributed by atoms with van der Waals surface area (Å²) in [4.78, 5) is 36.7. The second-order valence-corrected chi connectivity index (χ2v) is 20.3. The zero-order chi connectivity index (χ0) is 48.5. The highest BCUT2D eigenvalue weighted by Crippen LogP contribution is 2.49. The lowest BCUT2D eigenvalue weighted by molar-refractivity contribution is -0.138. The van der Waals surface area contributed by atoms with Gasteiger partial charge in [-0.25, -0.2) is 0 Å². The van der Waals surface area contributed by atoms with Gasteiger partial charge in [-0.2, -0.15) is 26.3 Å². The molecule has 0 saturated carbocycles. The van der Waals surface area contributed by atoms with Crippen molar-refractivity contribution in [2.45, 2.75) is 155 Å². The first-order valence-corrected chi connectivity index (χ1v) is 26.5. The fourth-order valence-electron chi connectivity index (χ4n) is 8.91. The van der Waals surface area contributed by atoms with Crippen molar-refractivity contribution in [1.82, 2.24) is 9.80 Å². The largest absolute Gasteiger partial charge is 0.416 e. The Balaban J connectivity index is 1.28. The van der Waals surface area contributed by atoms with Gasteiger partial charge in [0.1, 0.15) is 0 Å². The number of hydrogen-bond acceptors (Lipinski definition) is 4. The SMILES string of the molecule is CCCCCCCCCCCCN1C(=O)C2=C(c3ccc(/C=C/c4ccc(C(F)(F)F)cc4)s3)N(CCCCCCCCCCCC)C(=O)C2=C1c1ccc(/C=C/c2ccc(C(F)(F)F)cc2)s1. The van der Waals surface area contributed by atoms with Crippen LogP contribution in [0.3, 0.4) is 0 Å². The van der Waals surface area contributed by atoms with Gasteiger partial charge in [0.25, 0.3) is 11.8 Å². The Bertz CT molecular complexity index is 2200. The highest BCUT2D eigenvalue weighted by atomic mass is 32.1. The van der Waals surface area contributed by atoms with Crippen LogP contribution < -0.4 is 0 Å². The van der Waals surface area contributed by atoms with Gasteiger partial charge in [0, 0.05) is 22.8 Å². The molecule has 2 aliphatic heterocycles. The van der Waals surface area contributed by atoms with Crippen LogP contribution >= 0.6 is 22.7 Å². The first-order valence-electron chi connectivity index (χ1n) is 24.8. The zero-order valence-electron chi connectivity index (χ0n) is 39.6. The molecule has 0 saturated heterocycles. The van der Waals surface area contributed by atoms with E-state index in [0.717, 1.165) is 95.1 Å². The molecule has 68 heavy (non-hydrogen) atoms. The first kappa shape index (κ1) is 52.7. The summed E-state index contributed by atoms with van der Waals surface area (Å²) in [6.07, 6.45) is 21.2. The molecular weight excluding hydrogens is 911 g/mol. The van der Waals surface area contributed by atoms with Crippen LogP contribution in [0.1, 0.15) is 184 Å². The van der Waals surface area contributed by atoms with E-state index >= 15 is 0 Å². The molecule has 0 N–H and O–H groups in total. The molecule has 0 radical (unpaired) electrons. The number of halogens is 6. The van der Waals surface area contributed by atoms with Crippen LogP contribution in [0.25, 0.3) is 35.7 Å². The number of amides is 2. The van der Waals surface area contributed by atoms with E-state index in [1.807, 2.05) is 36.4 Å². The minimum absolute atomic E-state index is 0.203. The number of rotatable bonds is 28. The highest BCUT2D eigenvalue weighted by Gasteiger charge is 2.49. The maximum atomic E-state index is 15.0. The van der Waals surface area contributed by atoms with Crippen molar-refractivity contribution in [3.8, 4) is 0 Å². The van der Waals surface area contributed by atoms with Crippen LogP contribution in [0.15, 0.2) is 83.9 Å². The fourth-order valence-corrected chi connectivity index (χ4v) is 10.9. The Labute approximate surface area is 407 Å². The Kier molecular flexibility index (Phi) is 20.0. The molecule has 12 heteroatoms. The predicted octanol–water partition coefficient (Wildman–Crippen LogP) is 17.8. The van der Waals surface area contributed by atoms with Crippen LogP contribution in [0.2, 0.25) is 0 Å². The molecular formula is C56H66F6N2O2S2. The molecule has 0 unspecified atom stereocenters. The molecule has 6 rings (SSSR count). The van der Waals surface area contributed by atoms with E-state index in [0.29, 0.717) is 46.8 Å². The van der Waals surface area contributed by atoms with E-state index < -0.39 is 23.5 Å². The average Bonchev–Trinajstić information content (AvgIpc) is 4.11. The number of unbranched alkanes of at least 4 members (excludes halogenated alkanes) is 18. The van der Waals surface area contributed by atoms with E-state index in [1.54, 1.807) is 22.0 Å². The molecule has 4 heterocycles.